The Labute approximate surface area is 80.3 Å². The van der Waals surface area contributed by atoms with Crippen LogP contribution in [0.3, 0.4) is 0 Å². The third-order valence-electron chi connectivity index (χ3n) is 2.72. The smallest absolute Gasteiger partial charge is 0.166 e. The predicted octanol–water partition coefficient (Wildman–Crippen LogP) is 2.07. The van der Waals surface area contributed by atoms with E-state index in [4.69, 9.17) is 0 Å². The van der Waals surface area contributed by atoms with E-state index in [-0.39, 0.29) is 11.3 Å². The fourth-order valence-electron chi connectivity index (χ4n) is 2.23. The molecule has 0 fully saturated rings. The van der Waals surface area contributed by atoms with Crippen molar-refractivity contribution < 1.29 is 10.2 Å². The van der Waals surface area contributed by atoms with Crippen molar-refractivity contribution in [1.29, 1.82) is 0 Å². The van der Waals surface area contributed by atoms with Gasteiger partial charge in [0.2, 0.25) is 0 Å². The van der Waals surface area contributed by atoms with Gasteiger partial charge < -0.3 is 10.2 Å². The molecule has 0 bridgehead atoms. The van der Waals surface area contributed by atoms with Gasteiger partial charge in [0.05, 0.1) is 0 Å². The monoisotopic (exact) mass is 184 g/mol. The van der Waals surface area contributed by atoms with Gasteiger partial charge in [0.25, 0.3) is 0 Å². The molecule has 0 aromatic carbocycles. The summed E-state index contributed by atoms with van der Waals surface area (Å²) in [6.07, 6.45) is 3.89. The van der Waals surface area contributed by atoms with Crippen LogP contribution in [0.1, 0.15) is 40.5 Å². The second kappa shape index (κ2) is 3.10. The summed E-state index contributed by atoms with van der Waals surface area (Å²) >= 11 is 0. The van der Waals surface area contributed by atoms with E-state index in [9.17, 15) is 10.2 Å². The molecule has 0 aromatic heterocycles. The molecule has 0 amide bonds. The highest BCUT2D eigenvalue weighted by atomic mass is 16.5. The Balaban J connectivity index is 2.85. The molecule has 2 N–H and O–H groups in total. The Morgan fingerprint density at radius 1 is 1.46 bits per heavy atom. The van der Waals surface area contributed by atoms with Crippen LogP contribution in [0.2, 0.25) is 0 Å². The molecule has 0 aliphatic heterocycles. The lowest BCUT2D eigenvalue weighted by Gasteiger charge is -2.38. The Morgan fingerprint density at radius 2 is 2.00 bits per heavy atom. The molecule has 13 heavy (non-hydrogen) atoms. The average Bonchev–Trinajstić information content (AvgIpc) is 1.79. The fraction of sp³-hybridized carbons (Fsp3) is 0.818. The molecule has 0 spiro atoms. The van der Waals surface area contributed by atoms with Crippen LogP contribution >= 0.6 is 0 Å². The molecule has 0 radical (unpaired) electrons. The maximum Gasteiger partial charge on any atom is 0.166 e. The Bertz CT molecular complexity index is 221. The van der Waals surface area contributed by atoms with Crippen LogP contribution in [0.5, 0.6) is 0 Å². The molecule has 1 rings (SSSR count). The maximum absolute atomic E-state index is 9.50. The molecule has 1 aliphatic rings. The number of allylic oxidation sites excluding steroid dienone is 1. The average molecular weight is 184 g/mol. The van der Waals surface area contributed by atoms with Crippen molar-refractivity contribution in [1.82, 2.24) is 0 Å². The van der Waals surface area contributed by atoms with E-state index < -0.39 is 5.79 Å². The van der Waals surface area contributed by atoms with Crippen LogP contribution < -0.4 is 0 Å². The van der Waals surface area contributed by atoms with Crippen molar-refractivity contribution in [2.24, 2.45) is 11.3 Å². The highest BCUT2D eigenvalue weighted by Gasteiger charge is 2.36. The number of aliphatic hydroxyl groups is 2. The summed E-state index contributed by atoms with van der Waals surface area (Å²) in [6, 6.07) is 0. The lowest BCUT2D eigenvalue weighted by Crippen LogP contribution is -2.38. The molecular weight excluding hydrogens is 164 g/mol. The van der Waals surface area contributed by atoms with Gasteiger partial charge in [-0.2, -0.15) is 0 Å². The van der Waals surface area contributed by atoms with Gasteiger partial charge >= 0.3 is 0 Å². The predicted molar refractivity (Wildman–Crippen MR) is 53.1 cm³/mol. The molecule has 0 saturated carbocycles. The zero-order chi connectivity index (χ0) is 10.3. The fourth-order valence-corrected chi connectivity index (χ4v) is 2.23. The van der Waals surface area contributed by atoms with Crippen LogP contribution in [0.25, 0.3) is 0 Å². The topological polar surface area (TPSA) is 40.5 Å². The Kier molecular flexibility index (Phi) is 2.56. The summed E-state index contributed by atoms with van der Waals surface area (Å²) in [4.78, 5) is 0. The van der Waals surface area contributed by atoms with Crippen molar-refractivity contribution in [3.05, 3.63) is 11.6 Å². The minimum atomic E-state index is -1.57. The summed E-state index contributed by atoms with van der Waals surface area (Å²) in [5.41, 5.74) is 1.45. The first-order valence-corrected chi connectivity index (χ1v) is 4.83. The normalized spacial score (nSPS) is 28.5. The van der Waals surface area contributed by atoms with Gasteiger partial charge in [0, 0.05) is 5.92 Å². The summed E-state index contributed by atoms with van der Waals surface area (Å²) in [5, 5.41) is 19.0. The molecule has 1 unspecified atom stereocenters. The van der Waals surface area contributed by atoms with Crippen LogP contribution in [-0.2, 0) is 0 Å². The van der Waals surface area contributed by atoms with Gasteiger partial charge in [-0.1, -0.05) is 25.5 Å². The third-order valence-corrected chi connectivity index (χ3v) is 2.72. The highest BCUT2D eigenvalue weighted by molar-refractivity contribution is 5.11. The second-order valence-electron chi connectivity index (χ2n) is 5.26. The summed E-state index contributed by atoms with van der Waals surface area (Å²) in [5.74, 6) is -1.70. The second-order valence-corrected chi connectivity index (χ2v) is 5.26. The minimum Gasteiger partial charge on any atom is -0.365 e. The highest BCUT2D eigenvalue weighted by Crippen LogP contribution is 2.41. The lowest BCUT2D eigenvalue weighted by atomic mass is 9.71. The third kappa shape index (κ3) is 2.82. The molecule has 2 nitrogen and oxygen atoms in total. The standard InChI is InChI=1S/C11H20O2/c1-8-5-9(11(4,12)13)7-10(2,3)6-8/h5,9,12-13H,6-7H2,1-4H3. The Hall–Kier alpha value is -0.340. The van der Waals surface area contributed by atoms with E-state index in [1.807, 2.05) is 6.08 Å². The van der Waals surface area contributed by atoms with E-state index in [0.29, 0.717) is 0 Å². The van der Waals surface area contributed by atoms with Crippen LogP contribution in [0.15, 0.2) is 11.6 Å². The quantitative estimate of drug-likeness (QED) is 0.484. The van der Waals surface area contributed by atoms with Crippen LogP contribution in [-0.4, -0.2) is 16.0 Å². The van der Waals surface area contributed by atoms with E-state index >= 15 is 0 Å². The first-order valence-electron chi connectivity index (χ1n) is 4.83. The largest absolute Gasteiger partial charge is 0.365 e. The Morgan fingerprint density at radius 3 is 2.38 bits per heavy atom. The molecule has 0 aromatic rings. The molecule has 2 heteroatoms. The van der Waals surface area contributed by atoms with Crippen LogP contribution in [0, 0.1) is 11.3 Å². The van der Waals surface area contributed by atoms with Gasteiger partial charge in [-0.25, -0.2) is 0 Å². The van der Waals surface area contributed by atoms with Crippen molar-refractivity contribution in [3.8, 4) is 0 Å². The van der Waals surface area contributed by atoms with Gasteiger partial charge in [-0.05, 0) is 32.1 Å². The van der Waals surface area contributed by atoms with Crippen molar-refractivity contribution in [2.75, 3.05) is 0 Å². The van der Waals surface area contributed by atoms with E-state index in [0.717, 1.165) is 12.8 Å². The molecule has 1 aliphatic carbocycles. The summed E-state index contributed by atoms with van der Waals surface area (Å²) in [7, 11) is 0. The van der Waals surface area contributed by atoms with Gasteiger partial charge in [-0.15, -0.1) is 0 Å². The summed E-state index contributed by atoms with van der Waals surface area (Å²) < 4.78 is 0. The number of hydrogen-bond acceptors (Lipinski definition) is 2. The first kappa shape index (κ1) is 10.7. The van der Waals surface area contributed by atoms with Gasteiger partial charge in [-0.3, -0.25) is 0 Å². The van der Waals surface area contributed by atoms with Crippen molar-refractivity contribution in [2.45, 2.75) is 46.3 Å². The molecule has 1 atom stereocenters. The molecule has 76 valence electrons. The zero-order valence-electron chi connectivity index (χ0n) is 8.96. The van der Waals surface area contributed by atoms with Crippen molar-refractivity contribution in [3.63, 3.8) is 0 Å². The SMILES string of the molecule is CC1=CC(C(C)(O)O)CC(C)(C)C1. The molecule has 0 heterocycles. The first-order chi connectivity index (χ1) is 5.71. The molecule has 0 saturated heterocycles. The number of hydrogen-bond donors (Lipinski definition) is 2. The maximum atomic E-state index is 9.50. The lowest BCUT2D eigenvalue weighted by molar-refractivity contribution is -0.181. The van der Waals surface area contributed by atoms with E-state index in [1.165, 1.54) is 12.5 Å². The molecular formula is C11H20O2. The van der Waals surface area contributed by atoms with Gasteiger partial charge in [0.1, 0.15) is 0 Å². The summed E-state index contributed by atoms with van der Waals surface area (Å²) in [6.45, 7) is 7.85. The van der Waals surface area contributed by atoms with Crippen molar-refractivity contribution >= 4 is 0 Å². The zero-order valence-corrected chi connectivity index (χ0v) is 8.96. The van der Waals surface area contributed by atoms with E-state index in [1.54, 1.807) is 0 Å². The minimum absolute atomic E-state index is 0.128. The van der Waals surface area contributed by atoms with E-state index in [2.05, 4.69) is 20.8 Å². The number of rotatable bonds is 1. The van der Waals surface area contributed by atoms with Crippen LogP contribution in [0.4, 0.5) is 0 Å². The van der Waals surface area contributed by atoms with Gasteiger partial charge in [0.15, 0.2) is 5.79 Å².